The van der Waals surface area contributed by atoms with Crippen LogP contribution in [0.15, 0.2) is 6.07 Å². The number of rotatable bonds is 3. The SMILES string of the molecule is O=C(c1cc(C2CCCCC2)[nH]n1)N1CCC(c2nnc3n2CCNC3)CC1. The number of nitrogens with zero attached hydrogens (tertiary/aromatic N) is 5. The molecule has 8 heteroatoms. The first-order valence-electron chi connectivity index (χ1n) is 10.8. The Morgan fingerprint density at radius 1 is 1.00 bits per heavy atom. The number of amides is 1. The van der Waals surface area contributed by atoms with Crippen LogP contribution in [0.25, 0.3) is 0 Å². The van der Waals surface area contributed by atoms with E-state index < -0.39 is 0 Å². The van der Waals surface area contributed by atoms with Crippen molar-refractivity contribution < 1.29 is 4.79 Å². The summed E-state index contributed by atoms with van der Waals surface area (Å²) >= 11 is 0. The zero-order chi connectivity index (χ0) is 18.9. The number of aromatic nitrogens is 5. The number of carbonyl (C=O) groups excluding carboxylic acids is 1. The van der Waals surface area contributed by atoms with E-state index in [1.807, 2.05) is 11.0 Å². The predicted molar refractivity (Wildman–Crippen MR) is 104 cm³/mol. The average molecular weight is 384 g/mol. The molecule has 0 bridgehead atoms. The molecule has 4 heterocycles. The summed E-state index contributed by atoms with van der Waals surface area (Å²) < 4.78 is 2.27. The van der Waals surface area contributed by atoms with Gasteiger partial charge in [0.1, 0.15) is 17.3 Å². The quantitative estimate of drug-likeness (QED) is 0.848. The van der Waals surface area contributed by atoms with Crippen molar-refractivity contribution in [2.24, 2.45) is 0 Å². The number of hydrogen-bond donors (Lipinski definition) is 2. The Kier molecular flexibility index (Phi) is 4.88. The number of piperidine rings is 1. The first-order valence-corrected chi connectivity index (χ1v) is 10.8. The van der Waals surface area contributed by atoms with E-state index in [-0.39, 0.29) is 5.91 Å². The van der Waals surface area contributed by atoms with Crippen LogP contribution >= 0.6 is 0 Å². The highest BCUT2D eigenvalue weighted by molar-refractivity contribution is 5.92. The molecule has 0 radical (unpaired) electrons. The lowest BCUT2D eigenvalue weighted by molar-refractivity contribution is 0.0704. The summed E-state index contributed by atoms with van der Waals surface area (Å²) in [5, 5.41) is 19.6. The van der Waals surface area contributed by atoms with Crippen LogP contribution in [0, 0.1) is 0 Å². The second-order valence-electron chi connectivity index (χ2n) is 8.41. The topological polar surface area (TPSA) is 91.7 Å². The fourth-order valence-corrected chi connectivity index (χ4v) is 4.99. The van der Waals surface area contributed by atoms with Gasteiger partial charge in [-0.2, -0.15) is 5.10 Å². The van der Waals surface area contributed by atoms with E-state index in [1.165, 1.54) is 32.1 Å². The van der Waals surface area contributed by atoms with Crippen molar-refractivity contribution in [2.45, 2.75) is 69.9 Å². The van der Waals surface area contributed by atoms with E-state index in [9.17, 15) is 4.79 Å². The highest BCUT2D eigenvalue weighted by Gasteiger charge is 2.30. The zero-order valence-electron chi connectivity index (χ0n) is 16.4. The van der Waals surface area contributed by atoms with E-state index in [2.05, 4.69) is 30.3 Å². The standard InChI is InChI=1S/C20H29N7O/c28-20(17-12-16(22-23-17)14-4-2-1-3-5-14)26-9-6-15(7-10-26)19-25-24-18-13-21-8-11-27(18)19/h12,14-15,21H,1-11,13H2,(H,22,23). The minimum atomic E-state index is 0.0595. The third kappa shape index (κ3) is 3.34. The largest absolute Gasteiger partial charge is 0.337 e. The molecular formula is C20H29N7O. The lowest BCUT2D eigenvalue weighted by atomic mass is 9.87. The number of carbonyl (C=O) groups is 1. The van der Waals surface area contributed by atoms with Gasteiger partial charge in [0.15, 0.2) is 0 Å². The van der Waals surface area contributed by atoms with Crippen molar-refractivity contribution in [2.75, 3.05) is 19.6 Å². The van der Waals surface area contributed by atoms with Gasteiger partial charge in [0.05, 0.1) is 6.54 Å². The van der Waals surface area contributed by atoms with Crippen LogP contribution < -0.4 is 5.32 Å². The van der Waals surface area contributed by atoms with Gasteiger partial charge in [-0.3, -0.25) is 9.89 Å². The van der Waals surface area contributed by atoms with Gasteiger partial charge in [0, 0.05) is 43.7 Å². The summed E-state index contributed by atoms with van der Waals surface area (Å²) in [6, 6.07) is 1.99. The Hall–Kier alpha value is -2.22. The van der Waals surface area contributed by atoms with Gasteiger partial charge < -0.3 is 14.8 Å². The van der Waals surface area contributed by atoms with Crippen LogP contribution in [-0.2, 0) is 13.1 Å². The molecule has 2 fully saturated rings. The highest BCUT2D eigenvalue weighted by atomic mass is 16.2. The van der Waals surface area contributed by atoms with Crippen molar-refractivity contribution >= 4 is 5.91 Å². The molecule has 3 aliphatic rings. The Labute approximate surface area is 165 Å². The number of fused-ring (bicyclic) bond motifs is 1. The monoisotopic (exact) mass is 383 g/mol. The van der Waals surface area contributed by atoms with E-state index in [4.69, 9.17) is 0 Å². The number of aromatic amines is 1. The van der Waals surface area contributed by atoms with E-state index in [1.54, 1.807) is 0 Å². The van der Waals surface area contributed by atoms with Crippen LogP contribution in [0.1, 0.15) is 84.6 Å². The van der Waals surface area contributed by atoms with Crippen LogP contribution in [0.2, 0.25) is 0 Å². The first kappa shape index (κ1) is 17.8. The molecule has 0 spiro atoms. The Morgan fingerprint density at radius 3 is 2.64 bits per heavy atom. The van der Waals surface area contributed by atoms with Gasteiger partial charge in [-0.05, 0) is 31.7 Å². The number of H-pyrrole nitrogens is 1. The zero-order valence-corrected chi connectivity index (χ0v) is 16.4. The van der Waals surface area contributed by atoms with Crippen molar-refractivity contribution in [3.05, 3.63) is 29.1 Å². The Morgan fingerprint density at radius 2 is 1.82 bits per heavy atom. The summed E-state index contributed by atoms with van der Waals surface area (Å²) in [6.07, 6.45) is 8.19. The predicted octanol–water partition coefficient (Wildman–Crippen LogP) is 2.17. The van der Waals surface area contributed by atoms with Crippen LogP contribution in [0.5, 0.6) is 0 Å². The first-order chi connectivity index (χ1) is 13.8. The summed E-state index contributed by atoms with van der Waals surface area (Å²) in [5.74, 6) is 3.13. The lowest BCUT2D eigenvalue weighted by Gasteiger charge is -2.31. The molecule has 5 rings (SSSR count). The summed E-state index contributed by atoms with van der Waals surface area (Å²) in [5.41, 5.74) is 1.71. The van der Waals surface area contributed by atoms with Crippen molar-refractivity contribution in [3.63, 3.8) is 0 Å². The fourth-order valence-electron chi connectivity index (χ4n) is 4.99. The third-order valence-corrected chi connectivity index (χ3v) is 6.66. The third-order valence-electron chi connectivity index (χ3n) is 6.66. The molecule has 1 aliphatic carbocycles. The summed E-state index contributed by atoms with van der Waals surface area (Å²) in [4.78, 5) is 14.9. The Bertz CT molecular complexity index is 827. The molecule has 8 nitrogen and oxygen atoms in total. The number of hydrogen-bond acceptors (Lipinski definition) is 5. The number of likely N-dealkylation sites (tertiary alicyclic amines) is 1. The minimum Gasteiger partial charge on any atom is -0.337 e. The average Bonchev–Trinajstić information content (AvgIpc) is 3.42. The van der Waals surface area contributed by atoms with Crippen LogP contribution in [0.3, 0.4) is 0 Å². The fraction of sp³-hybridized carbons (Fsp3) is 0.700. The van der Waals surface area contributed by atoms with Gasteiger partial charge in [0.25, 0.3) is 5.91 Å². The molecule has 1 saturated heterocycles. The van der Waals surface area contributed by atoms with Gasteiger partial charge in [-0.25, -0.2) is 0 Å². The van der Waals surface area contributed by atoms with Gasteiger partial charge >= 0.3 is 0 Å². The molecule has 0 atom stereocenters. The Balaban J connectivity index is 1.21. The minimum absolute atomic E-state index is 0.0595. The maximum absolute atomic E-state index is 12.9. The van der Waals surface area contributed by atoms with Crippen LogP contribution in [0.4, 0.5) is 0 Å². The van der Waals surface area contributed by atoms with E-state index in [0.717, 1.165) is 62.9 Å². The molecule has 1 saturated carbocycles. The summed E-state index contributed by atoms with van der Waals surface area (Å²) in [7, 11) is 0. The van der Waals surface area contributed by atoms with Crippen LogP contribution in [-0.4, -0.2) is 55.4 Å². The lowest BCUT2D eigenvalue weighted by Crippen LogP contribution is -2.39. The van der Waals surface area contributed by atoms with Crippen molar-refractivity contribution in [1.82, 2.24) is 35.2 Å². The second kappa shape index (κ2) is 7.66. The normalized spacial score (nSPS) is 21.6. The maximum Gasteiger partial charge on any atom is 0.274 e. The van der Waals surface area contributed by atoms with Gasteiger partial charge in [-0.15, -0.1) is 10.2 Å². The smallest absolute Gasteiger partial charge is 0.274 e. The van der Waals surface area contributed by atoms with Crippen molar-refractivity contribution in [1.29, 1.82) is 0 Å². The number of nitrogens with one attached hydrogen (secondary N) is 2. The molecule has 2 aliphatic heterocycles. The molecule has 2 aromatic rings. The summed E-state index contributed by atoms with van der Waals surface area (Å²) in [6.45, 7) is 4.23. The molecule has 0 aromatic carbocycles. The second-order valence-corrected chi connectivity index (χ2v) is 8.41. The molecule has 150 valence electrons. The van der Waals surface area contributed by atoms with Gasteiger partial charge in [0.2, 0.25) is 0 Å². The molecule has 2 N–H and O–H groups in total. The molecule has 1 amide bonds. The van der Waals surface area contributed by atoms with Crippen molar-refractivity contribution in [3.8, 4) is 0 Å². The molecule has 2 aromatic heterocycles. The molecule has 0 unspecified atom stereocenters. The molecular weight excluding hydrogens is 354 g/mol. The van der Waals surface area contributed by atoms with E-state index >= 15 is 0 Å². The molecule has 28 heavy (non-hydrogen) atoms. The van der Waals surface area contributed by atoms with Gasteiger partial charge in [-0.1, -0.05) is 19.3 Å². The van der Waals surface area contributed by atoms with E-state index in [0.29, 0.717) is 17.5 Å². The highest BCUT2D eigenvalue weighted by Crippen LogP contribution is 2.32. The maximum atomic E-state index is 12.9.